The molecule has 0 aliphatic heterocycles. The van der Waals surface area contributed by atoms with E-state index >= 15 is 0 Å². The molecule has 0 spiro atoms. The van der Waals surface area contributed by atoms with Gasteiger partial charge in [-0.25, -0.2) is 23.3 Å². The van der Waals surface area contributed by atoms with Gasteiger partial charge in [0.15, 0.2) is 0 Å². The minimum absolute atomic E-state index is 0. The van der Waals surface area contributed by atoms with Crippen molar-refractivity contribution in [2.45, 2.75) is 63.9 Å². The predicted molar refractivity (Wildman–Crippen MR) is 105 cm³/mol. The summed E-state index contributed by atoms with van der Waals surface area (Å²) >= 11 is 4.05. The van der Waals surface area contributed by atoms with Crippen LogP contribution in [0.3, 0.4) is 0 Å². The van der Waals surface area contributed by atoms with Gasteiger partial charge in [-0.2, -0.15) is 35.7 Å². The summed E-state index contributed by atoms with van der Waals surface area (Å²) in [6.07, 6.45) is 20.0. The Balaban J connectivity index is -0.000000161. The largest absolute Gasteiger partial charge is 2.00 e. The van der Waals surface area contributed by atoms with E-state index in [1.807, 2.05) is 23.5 Å². The number of rotatable bonds is 8. The normalized spacial score (nSPS) is 15.7. The maximum absolute atomic E-state index is 3.35. The third-order valence-corrected chi connectivity index (χ3v) is 6.26. The zero-order chi connectivity index (χ0) is 16.2. The smallest absolute Gasteiger partial charge is 1.00 e. The van der Waals surface area contributed by atoms with Gasteiger partial charge >= 0.3 is 43.4 Å². The van der Waals surface area contributed by atoms with Crippen molar-refractivity contribution in [1.29, 1.82) is 0 Å². The van der Waals surface area contributed by atoms with E-state index < -0.39 is 0 Å². The molecular weight excluding hydrogens is 471 g/mol. The Morgan fingerprint density at radius 2 is 1.15 bits per heavy atom. The second-order valence-corrected chi connectivity index (χ2v) is 8.40. The molecule has 144 valence electrons. The second-order valence-electron chi connectivity index (χ2n) is 5.50. The minimum atomic E-state index is 0. The summed E-state index contributed by atoms with van der Waals surface area (Å²) in [5.41, 5.74) is 2.78. The van der Waals surface area contributed by atoms with Gasteiger partial charge in [-0.05, 0) is 34.8 Å². The number of allylic oxidation sites excluding steroid dienone is 6. The zero-order valence-electron chi connectivity index (χ0n) is 16.3. The Kier molecular flexibility index (Phi) is 31.0. The van der Waals surface area contributed by atoms with Crippen LogP contribution in [0.25, 0.3) is 0 Å². The second kappa shape index (κ2) is 23.0. The molecule has 0 aromatic carbocycles. The van der Waals surface area contributed by atoms with E-state index in [1.165, 1.54) is 35.5 Å². The topological polar surface area (TPSA) is 0 Å². The van der Waals surface area contributed by atoms with Crippen LogP contribution in [0.5, 0.6) is 0 Å². The predicted octanol–water partition coefficient (Wildman–Crippen LogP) is 0.418. The van der Waals surface area contributed by atoms with E-state index in [2.05, 4.69) is 64.2 Å². The zero-order valence-corrected chi connectivity index (χ0v) is 22.5. The Hall–Kier alpha value is 1.67. The van der Waals surface area contributed by atoms with E-state index in [1.54, 1.807) is 0 Å². The summed E-state index contributed by atoms with van der Waals surface area (Å²) in [5, 5.41) is 1.29. The summed E-state index contributed by atoms with van der Waals surface area (Å²) < 4.78 is 0. The van der Waals surface area contributed by atoms with Crippen LogP contribution in [-0.2, 0) is 43.4 Å². The van der Waals surface area contributed by atoms with Crippen molar-refractivity contribution in [3.05, 3.63) is 47.6 Å². The molecule has 2 aliphatic carbocycles. The molecule has 2 aliphatic rings. The molecule has 6 heteroatoms. The number of hydrogen-bond acceptors (Lipinski definition) is 2. The molecule has 0 amide bonds. The van der Waals surface area contributed by atoms with Gasteiger partial charge in [-0.1, -0.05) is 27.7 Å². The average Bonchev–Trinajstić information content (AvgIpc) is 3.23. The van der Waals surface area contributed by atoms with Crippen molar-refractivity contribution in [2.75, 3.05) is 11.5 Å². The summed E-state index contributed by atoms with van der Waals surface area (Å²) in [6, 6.07) is 0. The van der Waals surface area contributed by atoms with E-state index in [4.69, 9.17) is 0 Å². The van der Waals surface area contributed by atoms with Gasteiger partial charge in [0.2, 0.25) is 0 Å². The Bertz CT molecular complexity index is 396. The van der Waals surface area contributed by atoms with Crippen molar-refractivity contribution >= 4 is 23.5 Å². The molecule has 0 bridgehead atoms. The quantitative estimate of drug-likeness (QED) is 0.350. The molecule has 0 fully saturated rings. The first-order valence-corrected chi connectivity index (χ1v) is 10.6. The fraction of sp³-hybridized carbons (Fsp3) is 0.600. The molecule has 2 unspecified atom stereocenters. The first kappa shape index (κ1) is 35.1. The van der Waals surface area contributed by atoms with Gasteiger partial charge in [0.1, 0.15) is 0 Å². The van der Waals surface area contributed by atoms with Crippen LogP contribution in [0, 0.1) is 12.2 Å². The van der Waals surface area contributed by atoms with Gasteiger partial charge in [-0.3, -0.25) is 12.2 Å². The number of hydrogen-bond donors (Lipinski definition) is 0. The summed E-state index contributed by atoms with van der Waals surface area (Å²) in [6.45, 7) is 8.97. The van der Waals surface area contributed by atoms with Crippen LogP contribution in [0.1, 0.15) is 53.4 Å². The van der Waals surface area contributed by atoms with Crippen LogP contribution in [0.15, 0.2) is 35.5 Å². The van der Waals surface area contributed by atoms with Crippen LogP contribution in [-0.4, -0.2) is 22.0 Å². The van der Waals surface area contributed by atoms with Crippen LogP contribution < -0.4 is 24.8 Å². The van der Waals surface area contributed by atoms with E-state index in [0.717, 1.165) is 12.8 Å². The molecule has 26 heavy (non-hydrogen) atoms. The van der Waals surface area contributed by atoms with Gasteiger partial charge in [-0.15, -0.1) is 12.8 Å². The number of thioether (sulfide) groups is 2. The molecule has 2 rings (SSSR count). The van der Waals surface area contributed by atoms with Gasteiger partial charge < -0.3 is 24.8 Å². The monoisotopic (exact) mass is 500 g/mol. The van der Waals surface area contributed by atoms with E-state index in [-0.39, 0.29) is 68.2 Å². The Morgan fingerprint density at radius 3 is 1.38 bits per heavy atom. The van der Waals surface area contributed by atoms with Crippen molar-refractivity contribution in [3.8, 4) is 0 Å². The minimum Gasteiger partial charge on any atom is -1.00 e. The maximum Gasteiger partial charge on any atom is 2.00 e. The van der Waals surface area contributed by atoms with Crippen molar-refractivity contribution in [3.63, 3.8) is 0 Å². The van der Waals surface area contributed by atoms with Crippen molar-refractivity contribution < 1.29 is 68.2 Å². The van der Waals surface area contributed by atoms with Gasteiger partial charge in [0.25, 0.3) is 0 Å². The summed E-state index contributed by atoms with van der Waals surface area (Å²) in [5.74, 6) is 2.53. The first-order chi connectivity index (χ1) is 10.7. The molecule has 0 nitrogen and oxygen atoms in total. The summed E-state index contributed by atoms with van der Waals surface area (Å²) in [4.78, 5) is 0. The standard InChI is InChI=1S/2C10H15S.2ClH.2Ti/c2*1-3-8-11-9(2)10-6-4-5-7-10;;;;/h2*4,6,9H,3,5,8H2,1-2H3;2*1H;;/q2*-1;;;2*+2/p-2. The van der Waals surface area contributed by atoms with Gasteiger partial charge in [0.05, 0.1) is 0 Å². The molecule has 0 radical (unpaired) electrons. The summed E-state index contributed by atoms with van der Waals surface area (Å²) in [7, 11) is 0. The molecule has 2 atom stereocenters. The first-order valence-electron chi connectivity index (χ1n) is 8.46. The van der Waals surface area contributed by atoms with Gasteiger partial charge in [0, 0.05) is 0 Å². The van der Waals surface area contributed by atoms with Crippen molar-refractivity contribution in [1.82, 2.24) is 0 Å². The SMILES string of the molecule is CCCSC(C)C1=[C-]CC=C1.CCCSC(C)C1=[C-]CC=C1.[Cl-].[Cl-].[Ti+2].[Ti+2]. The van der Waals surface area contributed by atoms with Crippen molar-refractivity contribution in [2.24, 2.45) is 0 Å². The molecular formula is C20H30Cl2S2Ti2. The molecule has 0 N–H and O–H groups in total. The molecule has 0 saturated carbocycles. The fourth-order valence-electron chi connectivity index (χ4n) is 2.17. The molecule has 0 heterocycles. The average molecular weight is 501 g/mol. The Labute approximate surface area is 212 Å². The van der Waals surface area contributed by atoms with Crippen LogP contribution in [0.2, 0.25) is 0 Å². The van der Waals surface area contributed by atoms with Crippen LogP contribution in [0.4, 0.5) is 0 Å². The molecule has 0 aromatic rings. The third kappa shape index (κ3) is 15.6. The van der Waals surface area contributed by atoms with E-state index in [9.17, 15) is 0 Å². The molecule has 0 aromatic heterocycles. The number of halogens is 2. The third-order valence-electron chi connectivity index (χ3n) is 3.46. The Morgan fingerprint density at radius 1 is 0.808 bits per heavy atom. The molecule has 0 saturated heterocycles. The fourth-order valence-corrected chi connectivity index (χ4v) is 4.03. The maximum atomic E-state index is 3.35. The van der Waals surface area contributed by atoms with E-state index in [0.29, 0.717) is 10.5 Å². The van der Waals surface area contributed by atoms with Crippen LogP contribution >= 0.6 is 23.5 Å².